The number of aliphatic hydroxyl groups is 1. The number of aromatic carboxylic acids is 1. The number of rotatable bonds is 6. The Balaban J connectivity index is 0.000000179. The van der Waals surface area contributed by atoms with Gasteiger partial charge in [0.05, 0.1) is 41.4 Å². The zero-order chi connectivity index (χ0) is 55.3. The van der Waals surface area contributed by atoms with Gasteiger partial charge in [-0.3, -0.25) is 14.6 Å². The highest BCUT2D eigenvalue weighted by atomic mass is 16.5. The molecule has 0 unspecified atom stereocenters. The van der Waals surface area contributed by atoms with Gasteiger partial charge >= 0.3 is 11.9 Å². The maximum Gasteiger partial charge on any atom is 0.357 e. The molecule has 0 saturated heterocycles. The van der Waals surface area contributed by atoms with E-state index in [4.69, 9.17) is 10.1 Å². The van der Waals surface area contributed by atoms with E-state index in [1.165, 1.54) is 42.9 Å². The number of carboxylic acid groups (broad SMARTS) is 1. The van der Waals surface area contributed by atoms with Gasteiger partial charge in [-0.2, -0.15) is 0 Å². The second-order valence-electron chi connectivity index (χ2n) is 20.4. The third-order valence-electron chi connectivity index (χ3n) is 11.7. The molecule has 0 radical (unpaired) electrons. The summed E-state index contributed by atoms with van der Waals surface area (Å²) in [6.07, 6.45) is 6.31. The topological polar surface area (TPSA) is 233 Å². The van der Waals surface area contributed by atoms with Crippen molar-refractivity contribution >= 4 is 84.2 Å². The summed E-state index contributed by atoms with van der Waals surface area (Å²) in [5, 5.41) is 22.3. The lowest BCUT2D eigenvalue weighted by molar-refractivity contribution is -0.126. The number of carbonyl (C=O) groups is 4. The highest BCUT2D eigenvalue weighted by Gasteiger charge is 2.28. The quantitative estimate of drug-likeness (QED) is 0.0895. The van der Waals surface area contributed by atoms with E-state index in [1.54, 1.807) is 43.6 Å². The third-order valence-corrected chi connectivity index (χ3v) is 11.7. The number of aromatic nitrogens is 8. The molecule has 0 amide bonds. The van der Waals surface area contributed by atoms with Crippen molar-refractivity contribution in [2.24, 2.45) is 21.2 Å². The largest absolute Gasteiger partial charge is 0.505 e. The average Bonchev–Trinajstić information content (AvgIpc) is 3.80. The summed E-state index contributed by atoms with van der Waals surface area (Å²) in [6, 6.07) is 29.9. The van der Waals surface area contributed by atoms with Crippen molar-refractivity contribution in [1.82, 2.24) is 39.9 Å². The van der Waals surface area contributed by atoms with Crippen LogP contribution in [0.2, 0.25) is 0 Å². The molecule has 5 heterocycles. The number of Topliss-reactive ketones (excluding diaryl/α,β-unsaturated/α-hetero) is 2. The zero-order valence-electron chi connectivity index (χ0n) is 44.9. The van der Waals surface area contributed by atoms with E-state index < -0.39 is 17.4 Å². The van der Waals surface area contributed by atoms with Gasteiger partial charge in [-0.25, -0.2) is 49.5 Å². The number of fused-ring (bicyclic) bond motifs is 4. The van der Waals surface area contributed by atoms with Crippen molar-refractivity contribution in [2.45, 2.75) is 89.5 Å². The predicted molar refractivity (Wildman–Crippen MR) is 295 cm³/mol. The van der Waals surface area contributed by atoms with E-state index >= 15 is 0 Å². The Labute approximate surface area is 437 Å². The summed E-state index contributed by atoms with van der Waals surface area (Å²) in [5.41, 5.74) is 8.29. The molecule has 9 rings (SSSR count). The number of aliphatic hydroxyl groups excluding tert-OH is 1. The van der Waals surface area contributed by atoms with Gasteiger partial charge < -0.3 is 14.9 Å². The Morgan fingerprint density at radius 2 is 0.947 bits per heavy atom. The molecule has 16 nitrogen and oxygen atoms in total. The zero-order valence-corrected chi connectivity index (χ0v) is 44.9. The van der Waals surface area contributed by atoms with Crippen LogP contribution in [0.15, 0.2) is 139 Å². The number of aliphatic imine (C=N–C) groups is 1. The summed E-state index contributed by atoms with van der Waals surface area (Å²) in [7, 11) is 1.33. The number of nitrogens with zero attached hydrogens (tertiary/aromatic N) is 9. The molecule has 2 N–H and O–H groups in total. The van der Waals surface area contributed by atoms with Crippen molar-refractivity contribution in [3.63, 3.8) is 0 Å². The highest BCUT2D eigenvalue weighted by molar-refractivity contribution is 6.13. The Morgan fingerprint density at radius 3 is 1.35 bits per heavy atom. The standard InChI is InChI=1S/C17H19N3.C16H18N2O2.C10H8N2O2.C9H6N2O2.C7H14O/c1-11-13(9-18-16(11)17(2,3)4)15-12-7-5-6-8-14(12)19-10-20-15;1-10(15(20)16(2,3)4)14(19)13-11-7-5-6-8-12(11)17-9-18-13;1-14-10(13)9-7-4-2-3-5-8(7)11-6-12-9;12-9(13)8-6-3-1-2-4-7(6)10-5-11-8;1-5-6(8)7(2,3)4/h5-8,10H,9H2,1-4H3;5-9,19H,1-4H3;2-6H,1H3;1-5H,(H,12,13);5H2,1-4H3. The van der Waals surface area contributed by atoms with Crippen LogP contribution in [0.5, 0.6) is 0 Å². The molecule has 4 aromatic carbocycles. The second kappa shape index (κ2) is 24.9. The van der Waals surface area contributed by atoms with Crippen LogP contribution in [0, 0.1) is 16.2 Å². The SMILES string of the molecule is CC(C(=O)C(C)(C)C)=C(O)c1ncnc2ccccc12.CC1=C(c2ncnc3ccccc23)CN=C1C(C)(C)C.CCC(=O)C(C)(C)C.COC(=O)c1ncnc2ccccc12.O=C(O)c1ncnc2ccccc12. The molecule has 4 aromatic heterocycles. The molecule has 75 heavy (non-hydrogen) atoms. The van der Waals surface area contributed by atoms with Crippen molar-refractivity contribution in [3.05, 3.63) is 156 Å². The van der Waals surface area contributed by atoms with E-state index in [0.717, 1.165) is 39.6 Å². The van der Waals surface area contributed by atoms with E-state index in [-0.39, 0.29) is 28.1 Å². The average molecular weight is 1010 g/mol. The number of hydrogen-bond donors (Lipinski definition) is 2. The molecule has 0 saturated carbocycles. The van der Waals surface area contributed by atoms with Gasteiger partial charge in [0.1, 0.15) is 42.5 Å². The molecule has 0 bridgehead atoms. The summed E-state index contributed by atoms with van der Waals surface area (Å²) < 4.78 is 4.62. The first-order valence-corrected chi connectivity index (χ1v) is 24.2. The Kier molecular flexibility index (Phi) is 19.1. The molecule has 16 heteroatoms. The lowest BCUT2D eigenvalue weighted by atomic mass is 9.85. The minimum atomic E-state index is -1.03. The third kappa shape index (κ3) is 14.6. The molecular weight excluding hydrogens is 947 g/mol. The first-order valence-electron chi connectivity index (χ1n) is 24.2. The number of para-hydroxylation sites is 4. The molecule has 0 atom stereocenters. The fraction of sp³-hybridized carbons (Fsp3) is 0.305. The van der Waals surface area contributed by atoms with Crippen LogP contribution in [0.1, 0.15) is 122 Å². The van der Waals surface area contributed by atoms with Crippen molar-refractivity contribution < 1.29 is 34.1 Å². The normalized spacial score (nSPS) is 12.6. The van der Waals surface area contributed by atoms with Gasteiger partial charge in [-0.05, 0) is 43.7 Å². The number of ketones is 2. The van der Waals surface area contributed by atoms with Crippen LogP contribution in [0.3, 0.4) is 0 Å². The van der Waals surface area contributed by atoms with Crippen LogP contribution in [-0.4, -0.2) is 93.0 Å². The molecule has 0 fully saturated rings. The number of benzene rings is 4. The van der Waals surface area contributed by atoms with E-state index in [0.29, 0.717) is 45.5 Å². The van der Waals surface area contributed by atoms with Gasteiger partial charge in [0.25, 0.3) is 0 Å². The predicted octanol–water partition coefficient (Wildman–Crippen LogP) is 12.2. The van der Waals surface area contributed by atoms with E-state index in [2.05, 4.69) is 78.4 Å². The van der Waals surface area contributed by atoms with Crippen molar-refractivity contribution in [2.75, 3.05) is 13.7 Å². The highest BCUT2D eigenvalue weighted by Crippen LogP contribution is 2.34. The smallest absolute Gasteiger partial charge is 0.357 e. The number of carbonyl (C=O) groups excluding carboxylic acids is 3. The number of hydrogen-bond acceptors (Lipinski definition) is 15. The monoisotopic (exact) mass is 1010 g/mol. The van der Waals surface area contributed by atoms with Crippen LogP contribution in [-0.2, 0) is 14.3 Å². The first kappa shape index (κ1) is 57.4. The molecule has 388 valence electrons. The molecule has 0 spiro atoms. The number of allylic oxidation sites excluding steroid dienone is 2. The van der Waals surface area contributed by atoms with E-state index in [1.807, 2.05) is 109 Å². The number of esters is 1. The van der Waals surface area contributed by atoms with Gasteiger partial charge in [-0.1, -0.05) is 142 Å². The molecule has 1 aliphatic heterocycles. The van der Waals surface area contributed by atoms with Crippen LogP contribution in [0.25, 0.3) is 54.9 Å². The maximum atomic E-state index is 12.3. The molecule has 8 aromatic rings. The summed E-state index contributed by atoms with van der Waals surface area (Å²) in [4.78, 5) is 82.6. The Bertz CT molecular complexity index is 3370. The number of ether oxygens (including phenoxy) is 1. The van der Waals surface area contributed by atoms with Gasteiger partial charge in [0, 0.05) is 61.1 Å². The molecular formula is C59H65N9O7. The van der Waals surface area contributed by atoms with Crippen LogP contribution in [0.4, 0.5) is 0 Å². The summed E-state index contributed by atoms with van der Waals surface area (Å²) in [6.45, 7) is 24.3. The Hall–Kier alpha value is -8.53. The van der Waals surface area contributed by atoms with Crippen LogP contribution >= 0.6 is 0 Å². The lowest BCUT2D eigenvalue weighted by Crippen LogP contribution is -2.22. The second-order valence-corrected chi connectivity index (χ2v) is 20.4. The van der Waals surface area contributed by atoms with Gasteiger partial charge in [0.15, 0.2) is 17.2 Å². The number of methoxy groups -OCH3 is 1. The lowest BCUT2D eigenvalue weighted by Gasteiger charge is -2.20. The fourth-order valence-electron chi connectivity index (χ4n) is 7.85. The minimum absolute atomic E-state index is 0.0469. The van der Waals surface area contributed by atoms with Crippen molar-refractivity contribution in [3.8, 4) is 0 Å². The maximum absolute atomic E-state index is 12.3. The summed E-state index contributed by atoms with van der Waals surface area (Å²) in [5.74, 6) is -1.32. The van der Waals surface area contributed by atoms with Gasteiger partial charge in [0.2, 0.25) is 0 Å². The van der Waals surface area contributed by atoms with Crippen molar-refractivity contribution in [1.29, 1.82) is 0 Å². The summed E-state index contributed by atoms with van der Waals surface area (Å²) >= 11 is 0. The van der Waals surface area contributed by atoms with Gasteiger partial charge in [-0.15, -0.1) is 0 Å². The molecule has 0 aliphatic carbocycles. The minimum Gasteiger partial charge on any atom is -0.505 e. The Morgan fingerprint density at radius 1 is 0.547 bits per heavy atom. The van der Waals surface area contributed by atoms with Crippen LogP contribution < -0.4 is 0 Å². The number of carboxylic acids is 1. The van der Waals surface area contributed by atoms with E-state index in [9.17, 15) is 24.3 Å². The first-order chi connectivity index (χ1) is 35.4. The fourth-order valence-corrected chi connectivity index (χ4v) is 7.85. The molecule has 1 aliphatic rings.